The predicted octanol–water partition coefficient (Wildman–Crippen LogP) is 2.59. The number of benzene rings is 1. The van der Waals surface area contributed by atoms with Crippen LogP contribution in [-0.2, 0) is 6.54 Å². The van der Waals surface area contributed by atoms with Crippen LogP contribution in [0.5, 0.6) is 0 Å². The first kappa shape index (κ1) is 14.6. The maximum Gasteiger partial charge on any atom is 0.0427 e. The topological polar surface area (TPSA) is 18.5 Å². The standard InChI is InChI=1S/C15H24ClN3/c1-15(2)11-19(8-7-18(15)4)14-9-13(16)6-5-12(14)10-17-3/h5-6,9,17H,7-8,10-11H2,1-4H3. The number of hydrogen-bond acceptors (Lipinski definition) is 3. The van der Waals surface area contributed by atoms with Crippen molar-refractivity contribution in [2.45, 2.75) is 25.9 Å². The quantitative estimate of drug-likeness (QED) is 0.919. The molecular formula is C15H24ClN3. The highest BCUT2D eigenvalue weighted by Gasteiger charge is 2.31. The molecule has 19 heavy (non-hydrogen) atoms. The van der Waals surface area contributed by atoms with Crippen molar-refractivity contribution in [1.29, 1.82) is 0 Å². The zero-order valence-electron chi connectivity index (χ0n) is 12.3. The van der Waals surface area contributed by atoms with Gasteiger partial charge < -0.3 is 10.2 Å². The molecule has 0 saturated carbocycles. The number of piperazine rings is 1. The Balaban J connectivity index is 2.28. The highest BCUT2D eigenvalue weighted by Crippen LogP contribution is 2.29. The first-order chi connectivity index (χ1) is 8.94. The van der Waals surface area contributed by atoms with Crippen molar-refractivity contribution < 1.29 is 0 Å². The maximum absolute atomic E-state index is 6.18. The van der Waals surface area contributed by atoms with Crippen LogP contribution in [0.3, 0.4) is 0 Å². The van der Waals surface area contributed by atoms with Crippen LogP contribution < -0.4 is 10.2 Å². The molecule has 1 fully saturated rings. The highest BCUT2D eigenvalue weighted by molar-refractivity contribution is 6.30. The summed E-state index contributed by atoms with van der Waals surface area (Å²) in [5, 5.41) is 4.04. The largest absolute Gasteiger partial charge is 0.368 e. The summed E-state index contributed by atoms with van der Waals surface area (Å²) in [5.74, 6) is 0. The summed E-state index contributed by atoms with van der Waals surface area (Å²) >= 11 is 6.18. The Morgan fingerprint density at radius 3 is 2.68 bits per heavy atom. The summed E-state index contributed by atoms with van der Waals surface area (Å²) in [7, 11) is 4.18. The molecule has 1 aromatic carbocycles. The van der Waals surface area contributed by atoms with E-state index in [0.717, 1.165) is 31.2 Å². The molecule has 4 heteroatoms. The van der Waals surface area contributed by atoms with E-state index in [1.165, 1.54) is 11.3 Å². The molecule has 0 aromatic heterocycles. The molecule has 0 aliphatic carbocycles. The van der Waals surface area contributed by atoms with Crippen molar-refractivity contribution in [2.24, 2.45) is 0 Å². The van der Waals surface area contributed by atoms with Gasteiger partial charge in [0.2, 0.25) is 0 Å². The van der Waals surface area contributed by atoms with E-state index in [0.29, 0.717) is 0 Å². The lowest BCUT2D eigenvalue weighted by molar-refractivity contribution is 0.139. The van der Waals surface area contributed by atoms with Crippen molar-refractivity contribution in [3.63, 3.8) is 0 Å². The van der Waals surface area contributed by atoms with Gasteiger partial charge in [0.1, 0.15) is 0 Å². The van der Waals surface area contributed by atoms with E-state index in [2.05, 4.69) is 48.1 Å². The molecule has 3 nitrogen and oxygen atoms in total. The van der Waals surface area contributed by atoms with Crippen LogP contribution in [0.15, 0.2) is 18.2 Å². The lowest BCUT2D eigenvalue weighted by Crippen LogP contribution is -2.57. The molecule has 2 rings (SSSR count). The van der Waals surface area contributed by atoms with Gasteiger partial charge in [0.25, 0.3) is 0 Å². The highest BCUT2D eigenvalue weighted by atomic mass is 35.5. The smallest absolute Gasteiger partial charge is 0.0427 e. The Bertz CT molecular complexity index is 445. The van der Waals surface area contributed by atoms with Gasteiger partial charge in [-0.1, -0.05) is 17.7 Å². The molecule has 1 heterocycles. The molecular weight excluding hydrogens is 258 g/mol. The monoisotopic (exact) mass is 281 g/mol. The Morgan fingerprint density at radius 2 is 2.05 bits per heavy atom. The third kappa shape index (κ3) is 3.22. The van der Waals surface area contributed by atoms with E-state index in [4.69, 9.17) is 11.6 Å². The fourth-order valence-electron chi connectivity index (χ4n) is 2.62. The second-order valence-electron chi connectivity index (χ2n) is 5.96. The molecule has 1 aromatic rings. The second-order valence-corrected chi connectivity index (χ2v) is 6.40. The van der Waals surface area contributed by atoms with Gasteiger partial charge in [-0.25, -0.2) is 0 Å². The van der Waals surface area contributed by atoms with E-state index in [1.807, 2.05) is 13.1 Å². The number of anilines is 1. The van der Waals surface area contributed by atoms with Crippen molar-refractivity contribution in [2.75, 3.05) is 38.6 Å². The van der Waals surface area contributed by atoms with E-state index in [1.54, 1.807) is 0 Å². The van der Waals surface area contributed by atoms with Crippen LogP contribution in [0.25, 0.3) is 0 Å². The molecule has 0 amide bonds. The Kier molecular flexibility index (Phi) is 4.39. The van der Waals surface area contributed by atoms with Gasteiger partial charge in [0.15, 0.2) is 0 Å². The van der Waals surface area contributed by atoms with Crippen LogP contribution in [0.4, 0.5) is 5.69 Å². The van der Waals surface area contributed by atoms with Crippen molar-refractivity contribution >= 4 is 17.3 Å². The van der Waals surface area contributed by atoms with Crippen LogP contribution in [0.2, 0.25) is 5.02 Å². The number of likely N-dealkylation sites (N-methyl/N-ethyl adjacent to an activating group) is 1. The minimum atomic E-state index is 0.192. The van der Waals surface area contributed by atoms with E-state index >= 15 is 0 Å². The SMILES string of the molecule is CNCc1ccc(Cl)cc1N1CCN(C)C(C)(C)C1. The third-order valence-corrected chi connectivity index (χ3v) is 4.31. The molecule has 0 atom stereocenters. The average Bonchev–Trinajstić information content (AvgIpc) is 2.35. The Morgan fingerprint density at radius 1 is 1.32 bits per heavy atom. The fraction of sp³-hybridized carbons (Fsp3) is 0.600. The summed E-state index contributed by atoms with van der Waals surface area (Å²) in [6.45, 7) is 8.62. The molecule has 1 saturated heterocycles. The minimum absolute atomic E-state index is 0.192. The minimum Gasteiger partial charge on any atom is -0.368 e. The first-order valence-corrected chi connectivity index (χ1v) is 7.21. The number of nitrogens with one attached hydrogen (secondary N) is 1. The maximum atomic E-state index is 6.18. The number of hydrogen-bond donors (Lipinski definition) is 1. The van der Waals surface area contributed by atoms with Gasteiger partial charge >= 0.3 is 0 Å². The second kappa shape index (κ2) is 5.70. The zero-order valence-corrected chi connectivity index (χ0v) is 13.1. The van der Waals surface area contributed by atoms with Gasteiger partial charge in [-0.2, -0.15) is 0 Å². The van der Waals surface area contributed by atoms with E-state index in [-0.39, 0.29) is 5.54 Å². The van der Waals surface area contributed by atoms with E-state index in [9.17, 15) is 0 Å². The third-order valence-electron chi connectivity index (χ3n) is 4.07. The average molecular weight is 282 g/mol. The first-order valence-electron chi connectivity index (χ1n) is 6.83. The number of nitrogens with zero attached hydrogens (tertiary/aromatic N) is 2. The van der Waals surface area contributed by atoms with Crippen LogP contribution >= 0.6 is 11.6 Å². The zero-order chi connectivity index (χ0) is 14.0. The summed E-state index contributed by atoms with van der Waals surface area (Å²) in [4.78, 5) is 4.88. The van der Waals surface area contributed by atoms with Gasteiger partial charge in [0, 0.05) is 42.4 Å². The summed E-state index contributed by atoms with van der Waals surface area (Å²) in [5.41, 5.74) is 2.77. The number of halogens is 1. The van der Waals surface area contributed by atoms with Gasteiger partial charge in [0.05, 0.1) is 0 Å². The fourth-order valence-corrected chi connectivity index (χ4v) is 2.78. The van der Waals surface area contributed by atoms with Crippen LogP contribution in [0.1, 0.15) is 19.4 Å². The lowest BCUT2D eigenvalue weighted by atomic mass is 9.98. The molecule has 0 bridgehead atoms. The molecule has 1 aliphatic rings. The number of rotatable bonds is 3. The Labute approximate surface area is 121 Å². The van der Waals surface area contributed by atoms with Crippen molar-refractivity contribution in [1.82, 2.24) is 10.2 Å². The van der Waals surface area contributed by atoms with Crippen LogP contribution in [-0.4, -0.2) is 44.2 Å². The van der Waals surface area contributed by atoms with Gasteiger partial charge in [-0.05, 0) is 45.6 Å². The van der Waals surface area contributed by atoms with Gasteiger partial charge in [-0.3, -0.25) is 4.90 Å². The molecule has 0 spiro atoms. The molecule has 106 valence electrons. The van der Waals surface area contributed by atoms with Crippen LogP contribution in [0, 0.1) is 0 Å². The van der Waals surface area contributed by atoms with Gasteiger partial charge in [-0.15, -0.1) is 0 Å². The van der Waals surface area contributed by atoms with Crippen molar-refractivity contribution in [3.05, 3.63) is 28.8 Å². The normalized spacial score (nSPS) is 19.7. The molecule has 1 aliphatic heterocycles. The molecule has 1 N–H and O–H groups in total. The summed E-state index contributed by atoms with van der Waals surface area (Å²) < 4.78 is 0. The molecule has 0 unspecified atom stereocenters. The summed E-state index contributed by atoms with van der Waals surface area (Å²) in [6.07, 6.45) is 0. The van der Waals surface area contributed by atoms with Crippen molar-refractivity contribution in [3.8, 4) is 0 Å². The lowest BCUT2D eigenvalue weighted by Gasteiger charge is -2.46. The predicted molar refractivity (Wildman–Crippen MR) is 83.1 cm³/mol. The molecule has 0 radical (unpaired) electrons. The summed E-state index contributed by atoms with van der Waals surface area (Å²) in [6, 6.07) is 6.19. The Hall–Kier alpha value is -0.770. The van der Waals surface area contributed by atoms with E-state index < -0.39 is 0 Å².